The summed E-state index contributed by atoms with van der Waals surface area (Å²) in [7, 11) is 0. The van der Waals surface area contributed by atoms with E-state index in [1.54, 1.807) is 12.1 Å². The monoisotopic (exact) mass is 325 g/mol. The minimum Gasteiger partial charge on any atom is -0.460 e. The summed E-state index contributed by atoms with van der Waals surface area (Å²) in [6, 6.07) is 15.9. The maximum atomic E-state index is 12.8. The Morgan fingerprint density at radius 3 is 2.25 bits per heavy atom. The van der Waals surface area contributed by atoms with Crippen molar-refractivity contribution in [1.82, 2.24) is 0 Å². The van der Waals surface area contributed by atoms with Crippen molar-refractivity contribution in [3.8, 4) is 0 Å². The highest BCUT2D eigenvalue weighted by atomic mass is 16.6. The average Bonchev–Trinajstić information content (AvgIpc) is 3.12. The van der Waals surface area contributed by atoms with Crippen LogP contribution in [-0.4, -0.2) is 10.9 Å². The third-order valence-electron chi connectivity index (χ3n) is 4.69. The fourth-order valence-corrected chi connectivity index (χ4v) is 3.35. The number of carbonyl (C=O) groups excluding carboxylic acids is 1. The Morgan fingerprint density at radius 1 is 1.04 bits per heavy atom. The van der Waals surface area contributed by atoms with Crippen molar-refractivity contribution < 1.29 is 14.5 Å². The fraction of sp³-hybridized carbons (Fsp3) is 0.316. The van der Waals surface area contributed by atoms with E-state index in [2.05, 4.69) is 0 Å². The number of nitrogens with zero attached hydrogens (tertiary/aromatic N) is 1. The van der Waals surface area contributed by atoms with Gasteiger partial charge >= 0.3 is 5.97 Å². The number of hydrogen-bond acceptors (Lipinski definition) is 4. The van der Waals surface area contributed by atoms with Gasteiger partial charge in [-0.05, 0) is 36.1 Å². The molecule has 0 spiro atoms. The molecule has 0 bridgehead atoms. The highest BCUT2D eigenvalue weighted by molar-refractivity contribution is 5.83. The third-order valence-corrected chi connectivity index (χ3v) is 4.69. The largest absolute Gasteiger partial charge is 0.460 e. The van der Waals surface area contributed by atoms with Gasteiger partial charge in [0.05, 0.1) is 10.3 Å². The van der Waals surface area contributed by atoms with Crippen molar-refractivity contribution in [2.75, 3.05) is 0 Å². The molecule has 2 aromatic carbocycles. The van der Waals surface area contributed by atoms with Gasteiger partial charge in [-0.25, -0.2) is 0 Å². The van der Waals surface area contributed by atoms with E-state index in [-0.39, 0.29) is 18.3 Å². The summed E-state index contributed by atoms with van der Waals surface area (Å²) >= 11 is 0. The van der Waals surface area contributed by atoms with E-state index in [1.807, 2.05) is 30.3 Å². The van der Waals surface area contributed by atoms with Crippen LogP contribution in [0.2, 0.25) is 0 Å². The van der Waals surface area contributed by atoms with Gasteiger partial charge in [-0.2, -0.15) is 0 Å². The maximum absolute atomic E-state index is 12.8. The van der Waals surface area contributed by atoms with E-state index in [4.69, 9.17) is 4.74 Å². The van der Waals surface area contributed by atoms with Crippen molar-refractivity contribution >= 4 is 11.7 Å². The topological polar surface area (TPSA) is 69.4 Å². The molecule has 0 N–H and O–H groups in total. The number of rotatable bonds is 5. The van der Waals surface area contributed by atoms with Crippen molar-refractivity contribution in [1.29, 1.82) is 0 Å². The van der Waals surface area contributed by atoms with Crippen molar-refractivity contribution in [2.45, 2.75) is 37.7 Å². The third kappa shape index (κ3) is 3.15. The van der Waals surface area contributed by atoms with Crippen molar-refractivity contribution in [3.63, 3.8) is 0 Å². The van der Waals surface area contributed by atoms with Crippen LogP contribution in [0.15, 0.2) is 54.6 Å². The minimum atomic E-state index is -0.554. The zero-order valence-corrected chi connectivity index (χ0v) is 13.3. The number of nitro benzene ring substituents is 1. The lowest BCUT2D eigenvalue weighted by Gasteiger charge is -2.27. The quantitative estimate of drug-likeness (QED) is 0.470. The van der Waals surface area contributed by atoms with Gasteiger partial charge in [-0.1, -0.05) is 43.2 Å². The van der Waals surface area contributed by atoms with Crippen LogP contribution in [0.3, 0.4) is 0 Å². The molecule has 0 aliphatic heterocycles. The van der Waals surface area contributed by atoms with Gasteiger partial charge in [0.15, 0.2) is 0 Å². The molecule has 1 aliphatic carbocycles. The van der Waals surface area contributed by atoms with E-state index >= 15 is 0 Å². The Bertz CT molecular complexity index is 719. The predicted molar refractivity (Wildman–Crippen MR) is 89.5 cm³/mol. The van der Waals surface area contributed by atoms with E-state index < -0.39 is 10.3 Å². The number of ether oxygens (including phenoxy) is 1. The van der Waals surface area contributed by atoms with Gasteiger partial charge in [0, 0.05) is 12.1 Å². The molecule has 0 unspecified atom stereocenters. The van der Waals surface area contributed by atoms with Gasteiger partial charge in [0.25, 0.3) is 5.69 Å². The zero-order valence-electron chi connectivity index (χ0n) is 13.3. The Balaban J connectivity index is 1.72. The van der Waals surface area contributed by atoms with Crippen molar-refractivity contribution in [3.05, 3.63) is 75.8 Å². The van der Waals surface area contributed by atoms with Gasteiger partial charge in [0.1, 0.15) is 6.61 Å². The van der Waals surface area contributed by atoms with E-state index in [0.29, 0.717) is 0 Å². The van der Waals surface area contributed by atoms with Crippen LogP contribution in [0.25, 0.3) is 0 Å². The maximum Gasteiger partial charge on any atom is 0.316 e. The molecule has 0 radical (unpaired) electrons. The molecule has 3 rings (SSSR count). The van der Waals surface area contributed by atoms with Gasteiger partial charge in [0.2, 0.25) is 0 Å². The number of esters is 1. The van der Waals surface area contributed by atoms with E-state index in [0.717, 1.165) is 36.8 Å². The predicted octanol–water partition coefficient (Wildman–Crippen LogP) is 4.15. The summed E-state index contributed by atoms with van der Waals surface area (Å²) in [5, 5.41) is 10.7. The molecule has 2 aromatic rings. The van der Waals surface area contributed by atoms with E-state index in [1.165, 1.54) is 12.1 Å². The van der Waals surface area contributed by atoms with Gasteiger partial charge in [-0.3, -0.25) is 14.9 Å². The number of carbonyl (C=O) groups is 1. The first-order valence-electron chi connectivity index (χ1n) is 8.08. The Kier molecular flexibility index (Phi) is 4.60. The number of hydrogen-bond donors (Lipinski definition) is 0. The molecule has 1 aliphatic rings. The Morgan fingerprint density at radius 2 is 1.67 bits per heavy atom. The standard InChI is InChI=1S/C19H19NO4/c21-18(24-14-15-8-10-17(11-9-15)20(22)23)19(12-4-5-13-19)16-6-2-1-3-7-16/h1-3,6-11H,4-5,12-14H2. The summed E-state index contributed by atoms with van der Waals surface area (Å²) in [5.74, 6) is -0.204. The molecule has 0 amide bonds. The lowest BCUT2D eigenvalue weighted by Crippen LogP contribution is -2.34. The summed E-state index contributed by atoms with van der Waals surface area (Å²) in [4.78, 5) is 23.0. The first-order chi connectivity index (χ1) is 11.6. The number of nitro groups is 1. The number of benzene rings is 2. The second-order valence-corrected chi connectivity index (χ2v) is 6.15. The van der Waals surface area contributed by atoms with Gasteiger partial charge in [-0.15, -0.1) is 0 Å². The minimum absolute atomic E-state index is 0.0293. The fourth-order valence-electron chi connectivity index (χ4n) is 3.35. The van der Waals surface area contributed by atoms with Crippen LogP contribution < -0.4 is 0 Å². The van der Waals surface area contributed by atoms with Crippen LogP contribution in [-0.2, 0) is 21.6 Å². The molecule has 5 heteroatoms. The van der Waals surface area contributed by atoms with Crippen LogP contribution in [0.4, 0.5) is 5.69 Å². The summed E-state index contributed by atoms with van der Waals surface area (Å²) in [6.07, 6.45) is 3.63. The lowest BCUT2D eigenvalue weighted by atomic mass is 9.79. The molecule has 1 saturated carbocycles. The highest BCUT2D eigenvalue weighted by Gasteiger charge is 2.44. The second-order valence-electron chi connectivity index (χ2n) is 6.15. The lowest BCUT2D eigenvalue weighted by molar-refractivity contribution is -0.384. The molecule has 5 nitrogen and oxygen atoms in total. The summed E-state index contributed by atoms with van der Waals surface area (Å²) < 4.78 is 5.56. The molecule has 1 fully saturated rings. The smallest absolute Gasteiger partial charge is 0.316 e. The normalized spacial score (nSPS) is 15.8. The highest BCUT2D eigenvalue weighted by Crippen LogP contribution is 2.42. The summed E-state index contributed by atoms with van der Waals surface area (Å²) in [5.41, 5.74) is 1.23. The molecular formula is C19H19NO4. The zero-order chi connectivity index (χ0) is 17.0. The molecule has 24 heavy (non-hydrogen) atoms. The molecular weight excluding hydrogens is 306 g/mol. The Hall–Kier alpha value is -2.69. The average molecular weight is 325 g/mol. The van der Waals surface area contributed by atoms with Crippen LogP contribution >= 0.6 is 0 Å². The summed E-state index contributed by atoms with van der Waals surface area (Å²) in [6.45, 7) is 0.130. The molecule has 0 saturated heterocycles. The van der Waals surface area contributed by atoms with Crippen LogP contribution in [0.5, 0.6) is 0 Å². The van der Waals surface area contributed by atoms with Crippen LogP contribution in [0.1, 0.15) is 36.8 Å². The first-order valence-corrected chi connectivity index (χ1v) is 8.08. The first kappa shape index (κ1) is 16.2. The van der Waals surface area contributed by atoms with Crippen LogP contribution in [0, 0.1) is 10.1 Å². The van der Waals surface area contributed by atoms with E-state index in [9.17, 15) is 14.9 Å². The number of non-ortho nitro benzene ring substituents is 1. The molecule has 0 aromatic heterocycles. The van der Waals surface area contributed by atoms with Gasteiger partial charge < -0.3 is 4.74 Å². The molecule has 0 atom stereocenters. The Labute approximate surface area is 140 Å². The SMILES string of the molecule is O=C(OCc1ccc([N+](=O)[O-])cc1)C1(c2ccccc2)CCCC1. The molecule has 0 heterocycles. The second kappa shape index (κ2) is 6.83. The van der Waals surface area contributed by atoms with Crippen molar-refractivity contribution in [2.24, 2.45) is 0 Å². The molecule has 124 valence electrons.